The van der Waals surface area contributed by atoms with Crippen molar-refractivity contribution in [3.63, 3.8) is 0 Å². The van der Waals surface area contributed by atoms with Crippen LogP contribution in [-0.4, -0.2) is 44.6 Å². The molecule has 0 radical (unpaired) electrons. The first-order valence-corrected chi connectivity index (χ1v) is 8.46. The quantitative estimate of drug-likeness (QED) is 0.921. The fraction of sp³-hybridized carbons (Fsp3) is 0.875. The van der Waals surface area contributed by atoms with Crippen LogP contribution in [0, 0.1) is 5.92 Å². The Bertz CT molecular complexity index is 463. The first-order chi connectivity index (χ1) is 10.1. The average molecular weight is 291 g/mol. The molecule has 1 aromatic heterocycles. The highest BCUT2D eigenvalue weighted by Gasteiger charge is 2.44. The van der Waals surface area contributed by atoms with Crippen molar-refractivity contribution in [3.05, 3.63) is 11.9 Å². The molecule has 1 N–H and O–H groups in total. The Hall–Kier alpha value is -0.940. The minimum atomic E-state index is 0.363. The Labute approximate surface area is 128 Å². The summed E-state index contributed by atoms with van der Waals surface area (Å²) in [6.45, 7) is 7.89. The lowest BCUT2D eigenvalue weighted by molar-refractivity contribution is 0.0229. The van der Waals surface area contributed by atoms with Crippen molar-refractivity contribution in [1.82, 2.24) is 25.2 Å². The minimum absolute atomic E-state index is 0.363. The molecule has 118 valence electrons. The van der Waals surface area contributed by atoms with E-state index in [1.807, 2.05) is 11.7 Å². The van der Waals surface area contributed by atoms with Gasteiger partial charge in [0.15, 0.2) is 0 Å². The number of piperazine rings is 1. The molecule has 1 spiro atoms. The lowest BCUT2D eigenvalue weighted by Crippen LogP contribution is -2.64. The van der Waals surface area contributed by atoms with Crippen molar-refractivity contribution < 1.29 is 0 Å². The van der Waals surface area contributed by atoms with Crippen LogP contribution < -0.4 is 5.32 Å². The van der Waals surface area contributed by atoms with Gasteiger partial charge in [-0.1, -0.05) is 38.3 Å². The van der Waals surface area contributed by atoms with E-state index in [-0.39, 0.29) is 0 Å². The maximum atomic E-state index is 4.31. The fourth-order valence-corrected chi connectivity index (χ4v) is 4.02. The van der Waals surface area contributed by atoms with Crippen molar-refractivity contribution in [2.45, 2.75) is 64.1 Å². The van der Waals surface area contributed by atoms with Crippen molar-refractivity contribution in [2.75, 3.05) is 13.1 Å². The van der Waals surface area contributed by atoms with Gasteiger partial charge in [-0.25, -0.2) is 0 Å². The van der Waals surface area contributed by atoms with Gasteiger partial charge in [-0.15, -0.1) is 5.10 Å². The van der Waals surface area contributed by atoms with Crippen LogP contribution in [0.5, 0.6) is 0 Å². The standard InChI is InChI=1S/C16H29N5/c1-4-13(2)15-11-21(10-14-9-20(3)19-18-14)16(12-17-15)7-5-6-8-16/h9,13,15,17H,4-8,10-12H2,1-3H3. The SMILES string of the molecule is CCC(C)C1CN(Cc2cn(C)nn2)C2(CCCC2)CN1. The van der Waals surface area contributed by atoms with Gasteiger partial charge in [-0.2, -0.15) is 0 Å². The normalized spacial score (nSPS) is 27.3. The number of aromatic nitrogens is 3. The zero-order valence-electron chi connectivity index (χ0n) is 13.7. The van der Waals surface area contributed by atoms with Crippen LogP contribution in [0.4, 0.5) is 0 Å². The molecule has 2 fully saturated rings. The molecule has 2 aliphatic rings. The highest BCUT2D eigenvalue weighted by atomic mass is 15.4. The number of aryl methyl sites for hydroxylation is 1. The Balaban J connectivity index is 1.76. The summed E-state index contributed by atoms with van der Waals surface area (Å²) >= 11 is 0. The number of rotatable bonds is 4. The molecule has 1 aliphatic heterocycles. The molecule has 3 rings (SSSR count). The second-order valence-electron chi connectivity index (χ2n) is 7.07. The van der Waals surface area contributed by atoms with Crippen molar-refractivity contribution in [2.24, 2.45) is 13.0 Å². The summed E-state index contributed by atoms with van der Waals surface area (Å²) in [5.41, 5.74) is 1.47. The molecule has 21 heavy (non-hydrogen) atoms. The number of hydrogen-bond acceptors (Lipinski definition) is 4. The molecule has 5 nitrogen and oxygen atoms in total. The van der Waals surface area contributed by atoms with Crippen LogP contribution in [-0.2, 0) is 13.6 Å². The lowest BCUT2D eigenvalue weighted by atomic mass is 9.87. The zero-order chi connectivity index (χ0) is 14.9. The molecule has 1 aliphatic carbocycles. The summed E-state index contributed by atoms with van der Waals surface area (Å²) in [4.78, 5) is 2.71. The minimum Gasteiger partial charge on any atom is -0.311 e. The van der Waals surface area contributed by atoms with Crippen LogP contribution in [0.2, 0.25) is 0 Å². The molecule has 2 unspecified atom stereocenters. The third kappa shape index (κ3) is 2.99. The van der Waals surface area contributed by atoms with Gasteiger partial charge < -0.3 is 5.32 Å². The predicted molar refractivity (Wildman–Crippen MR) is 83.9 cm³/mol. The van der Waals surface area contributed by atoms with E-state index in [1.165, 1.54) is 32.1 Å². The largest absolute Gasteiger partial charge is 0.311 e. The summed E-state index contributed by atoms with van der Waals surface area (Å²) in [6, 6.07) is 0.609. The fourth-order valence-electron chi connectivity index (χ4n) is 4.02. The third-order valence-corrected chi connectivity index (χ3v) is 5.65. The highest BCUT2D eigenvalue weighted by Crippen LogP contribution is 2.38. The molecule has 5 heteroatoms. The number of nitrogens with zero attached hydrogens (tertiary/aromatic N) is 4. The van der Waals surface area contributed by atoms with Gasteiger partial charge in [-0.05, 0) is 18.8 Å². The Morgan fingerprint density at radius 3 is 2.81 bits per heavy atom. The maximum absolute atomic E-state index is 4.31. The van der Waals surface area contributed by atoms with Crippen LogP contribution in [0.1, 0.15) is 51.6 Å². The van der Waals surface area contributed by atoms with E-state index in [1.54, 1.807) is 0 Å². The number of hydrogen-bond donors (Lipinski definition) is 1. The highest BCUT2D eigenvalue weighted by molar-refractivity contribution is 5.05. The van der Waals surface area contributed by atoms with E-state index in [9.17, 15) is 0 Å². The summed E-state index contributed by atoms with van der Waals surface area (Å²) < 4.78 is 1.81. The van der Waals surface area contributed by atoms with E-state index in [4.69, 9.17) is 0 Å². The second-order valence-corrected chi connectivity index (χ2v) is 7.07. The molecule has 1 saturated heterocycles. The Morgan fingerprint density at radius 2 is 2.19 bits per heavy atom. The monoisotopic (exact) mass is 291 g/mol. The van der Waals surface area contributed by atoms with E-state index < -0.39 is 0 Å². The van der Waals surface area contributed by atoms with Crippen molar-refractivity contribution in [3.8, 4) is 0 Å². The van der Waals surface area contributed by atoms with E-state index >= 15 is 0 Å². The lowest BCUT2D eigenvalue weighted by Gasteiger charge is -2.49. The number of nitrogens with one attached hydrogen (secondary N) is 1. The molecule has 0 amide bonds. The van der Waals surface area contributed by atoms with Gasteiger partial charge in [0.1, 0.15) is 0 Å². The van der Waals surface area contributed by atoms with Crippen molar-refractivity contribution >= 4 is 0 Å². The van der Waals surface area contributed by atoms with Crippen LogP contribution in [0.25, 0.3) is 0 Å². The summed E-state index contributed by atoms with van der Waals surface area (Å²) in [6.07, 6.45) is 8.69. The van der Waals surface area contributed by atoms with Gasteiger partial charge in [0.2, 0.25) is 0 Å². The molecule has 0 aromatic carbocycles. The molecule has 1 aromatic rings. The van der Waals surface area contributed by atoms with Gasteiger partial charge in [0, 0.05) is 44.5 Å². The van der Waals surface area contributed by atoms with Crippen LogP contribution in [0.15, 0.2) is 6.20 Å². The summed E-state index contributed by atoms with van der Waals surface area (Å²) in [5.74, 6) is 0.730. The van der Waals surface area contributed by atoms with Crippen LogP contribution >= 0.6 is 0 Å². The van der Waals surface area contributed by atoms with Crippen molar-refractivity contribution in [1.29, 1.82) is 0 Å². The molecular formula is C16H29N5. The van der Waals surface area contributed by atoms with Gasteiger partial charge in [0.25, 0.3) is 0 Å². The van der Waals surface area contributed by atoms with E-state index in [0.717, 1.165) is 31.2 Å². The first kappa shape index (κ1) is 15.0. The molecular weight excluding hydrogens is 262 g/mol. The summed E-state index contributed by atoms with van der Waals surface area (Å²) in [7, 11) is 1.95. The first-order valence-electron chi connectivity index (χ1n) is 8.46. The average Bonchev–Trinajstić information content (AvgIpc) is 3.11. The van der Waals surface area contributed by atoms with E-state index in [2.05, 4.69) is 40.6 Å². The molecule has 1 saturated carbocycles. The van der Waals surface area contributed by atoms with Crippen LogP contribution in [0.3, 0.4) is 0 Å². The second kappa shape index (κ2) is 6.05. The summed E-state index contributed by atoms with van der Waals surface area (Å²) in [5, 5.41) is 12.2. The zero-order valence-corrected chi connectivity index (χ0v) is 13.7. The molecule has 0 bridgehead atoms. The smallest absolute Gasteiger partial charge is 0.0967 e. The van der Waals surface area contributed by atoms with Gasteiger partial charge in [0.05, 0.1) is 5.69 Å². The van der Waals surface area contributed by atoms with E-state index in [0.29, 0.717) is 11.6 Å². The molecule has 2 heterocycles. The Kier molecular flexibility index (Phi) is 4.31. The topological polar surface area (TPSA) is 46.0 Å². The maximum Gasteiger partial charge on any atom is 0.0967 e. The van der Waals surface area contributed by atoms with Gasteiger partial charge in [-0.3, -0.25) is 9.58 Å². The molecule has 2 atom stereocenters. The van der Waals surface area contributed by atoms with Gasteiger partial charge >= 0.3 is 0 Å². The predicted octanol–water partition coefficient (Wildman–Crippen LogP) is 1.95. The third-order valence-electron chi connectivity index (χ3n) is 5.65. The Morgan fingerprint density at radius 1 is 1.43 bits per heavy atom.